The molecule has 2 aromatic rings. The van der Waals surface area contributed by atoms with Crippen molar-refractivity contribution in [2.45, 2.75) is 6.10 Å². The maximum Gasteiger partial charge on any atom is 0.127 e. The Morgan fingerprint density at radius 3 is 2.39 bits per heavy atom. The van der Waals surface area contributed by atoms with Gasteiger partial charge in [0.15, 0.2) is 0 Å². The Morgan fingerprint density at radius 1 is 1.06 bits per heavy atom. The van der Waals surface area contributed by atoms with Crippen LogP contribution in [0.4, 0.5) is 0 Å². The van der Waals surface area contributed by atoms with Crippen LogP contribution >= 0.6 is 0 Å². The standard InChI is InChI=1S/C14H12O4/c15-13(14(16)17)10-5-4-8-12(9-10)18-11-6-2-1-3-7-11/h1-9,13,15H,(H,16,17)/p-1/t13-/m1/s1. The first-order chi connectivity index (χ1) is 8.66. The number of aliphatic carboxylic acids is 1. The van der Waals surface area contributed by atoms with E-state index in [0.717, 1.165) is 0 Å². The SMILES string of the molecule is O=C([O-])[C@H](O)c1cccc(Oc2ccccc2)c1. The number of carbonyl (C=O) groups is 1. The highest BCUT2D eigenvalue weighted by atomic mass is 16.5. The van der Waals surface area contributed by atoms with Crippen LogP contribution in [0.15, 0.2) is 54.6 Å². The van der Waals surface area contributed by atoms with E-state index in [1.807, 2.05) is 18.2 Å². The first-order valence-electron chi connectivity index (χ1n) is 5.38. The molecule has 0 spiro atoms. The fourth-order valence-corrected chi connectivity index (χ4v) is 1.51. The van der Waals surface area contributed by atoms with Gasteiger partial charge >= 0.3 is 0 Å². The molecule has 18 heavy (non-hydrogen) atoms. The van der Waals surface area contributed by atoms with Crippen molar-refractivity contribution in [3.05, 3.63) is 60.2 Å². The lowest BCUT2D eigenvalue weighted by Crippen LogP contribution is -2.29. The van der Waals surface area contributed by atoms with E-state index in [2.05, 4.69) is 0 Å². The maximum atomic E-state index is 10.6. The van der Waals surface area contributed by atoms with Gasteiger partial charge in [0.25, 0.3) is 0 Å². The minimum atomic E-state index is -1.65. The van der Waals surface area contributed by atoms with Gasteiger partial charge < -0.3 is 19.7 Å². The summed E-state index contributed by atoms with van der Waals surface area (Å²) in [7, 11) is 0. The Balaban J connectivity index is 2.20. The summed E-state index contributed by atoms with van der Waals surface area (Å²) >= 11 is 0. The molecule has 1 N–H and O–H groups in total. The lowest BCUT2D eigenvalue weighted by molar-refractivity contribution is -0.315. The summed E-state index contributed by atoms with van der Waals surface area (Å²) in [5.74, 6) is -0.441. The van der Waals surface area contributed by atoms with E-state index in [0.29, 0.717) is 11.5 Å². The van der Waals surface area contributed by atoms with Crippen LogP contribution < -0.4 is 9.84 Å². The molecule has 4 nitrogen and oxygen atoms in total. The van der Waals surface area contributed by atoms with Gasteiger partial charge in [-0.15, -0.1) is 0 Å². The summed E-state index contributed by atoms with van der Waals surface area (Å²) in [5.41, 5.74) is 0.225. The zero-order valence-corrected chi connectivity index (χ0v) is 9.45. The second-order valence-corrected chi connectivity index (χ2v) is 3.71. The van der Waals surface area contributed by atoms with Gasteiger partial charge in [-0.2, -0.15) is 0 Å². The lowest BCUT2D eigenvalue weighted by Gasteiger charge is -2.13. The van der Waals surface area contributed by atoms with Crippen LogP contribution in [0, 0.1) is 0 Å². The maximum absolute atomic E-state index is 10.6. The van der Waals surface area contributed by atoms with Gasteiger partial charge in [0.05, 0.1) is 5.97 Å². The first-order valence-corrected chi connectivity index (χ1v) is 5.38. The molecule has 0 radical (unpaired) electrons. The van der Waals surface area contributed by atoms with Crippen molar-refractivity contribution in [1.82, 2.24) is 0 Å². The monoisotopic (exact) mass is 243 g/mol. The summed E-state index contributed by atoms with van der Waals surface area (Å²) in [6.45, 7) is 0. The Bertz CT molecular complexity index is 537. The predicted octanol–water partition coefficient (Wildman–Crippen LogP) is 1.26. The van der Waals surface area contributed by atoms with E-state index in [-0.39, 0.29) is 5.56 Å². The number of hydrogen-bond donors (Lipinski definition) is 1. The zero-order chi connectivity index (χ0) is 13.0. The van der Waals surface area contributed by atoms with E-state index < -0.39 is 12.1 Å². The van der Waals surface area contributed by atoms with Crippen LogP contribution in [0.5, 0.6) is 11.5 Å². The van der Waals surface area contributed by atoms with Gasteiger partial charge in [-0.3, -0.25) is 0 Å². The number of para-hydroxylation sites is 1. The molecular weight excluding hydrogens is 232 g/mol. The Morgan fingerprint density at radius 2 is 1.72 bits per heavy atom. The molecule has 92 valence electrons. The van der Waals surface area contributed by atoms with E-state index in [1.165, 1.54) is 12.1 Å². The Hall–Kier alpha value is -2.33. The van der Waals surface area contributed by atoms with Crippen molar-refractivity contribution in [1.29, 1.82) is 0 Å². The van der Waals surface area contributed by atoms with Crippen LogP contribution in [0.3, 0.4) is 0 Å². The molecular formula is C14H11O4-. The zero-order valence-electron chi connectivity index (χ0n) is 9.45. The fourth-order valence-electron chi connectivity index (χ4n) is 1.51. The van der Waals surface area contributed by atoms with Crippen molar-refractivity contribution in [2.75, 3.05) is 0 Å². The average Bonchev–Trinajstić information content (AvgIpc) is 2.39. The predicted molar refractivity (Wildman–Crippen MR) is 62.9 cm³/mol. The third-order valence-corrected chi connectivity index (χ3v) is 2.38. The molecule has 4 heteroatoms. The van der Waals surface area contributed by atoms with E-state index in [4.69, 9.17) is 4.74 Å². The number of rotatable bonds is 4. The summed E-state index contributed by atoms with van der Waals surface area (Å²) in [6.07, 6.45) is -1.65. The van der Waals surface area contributed by atoms with Crippen molar-refractivity contribution >= 4 is 5.97 Å². The van der Waals surface area contributed by atoms with Gasteiger partial charge in [-0.05, 0) is 29.8 Å². The molecule has 0 saturated heterocycles. The molecule has 0 aliphatic heterocycles. The second kappa shape index (κ2) is 5.33. The van der Waals surface area contributed by atoms with Gasteiger partial charge in [-0.1, -0.05) is 30.3 Å². The van der Waals surface area contributed by atoms with E-state index in [1.54, 1.807) is 24.3 Å². The molecule has 1 atom stereocenters. The molecule has 0 aromatic heterocycles. The number of carbonyl (C=O) groups excluding carboxylic acids is 1. The van der Waals surface area contributed by atoms with Gasteiger partial charge in [0.2, 0.25) is 0 Å². The minimum Gasteiger partial charge on any atom is -0.547 e. The summed E-state index contributed by atoms with van der Waals surface area (Å²) in [4.78, 5) is 10.6. The molecule has 0 saturated carbocycles. The molecule has 0 fully saturated rings. The normalized spacial score (nSPS) is 11.8. The highest BCUT2D eigenvalue weighted by Crippen LogP contribution is 2.24. The van der Waals surface area contributed by atoms with Crippen LogP contribution in [-0.4, -0.2) is 11.1 Å². The molecule has 0 amide bonds. The topological polar surface area (TPSA) is 69.6 Å². The van der Waals surface area contributed by atoms with Crippen molar-refractivity contribution < 1.29 is 19.7 Å². The smallest absolute Gasteiger partial charge is 0.127 e. The number of aliphatic hydroxyl groups excluding tert-OH is 1. The molecule has 0 unspecified atom stereocenters. The number of carboxylic acids is 1. The highest BCUT2D eigenvalue weighted by Gasteiger charge is 2.09. The van der Waals surface area contributed by atoms with Crippen LogP contribution in [0.2, 0.25) is 0 Å². The third kappa shape index (κ3) is 2.87. The van der Waals surface area contributed by atoms with Crippen molar-refractivity contribution in [3.63, 3.8) is 0 Å². The molecule has 0 heterocycles. The van der Waals surface area contributed by atoms with Gasteiger partial charge in [-0.25, -0.2) is 0 Å². The number of ether oxygens (including phenoxy) is 1. The molecule has 0 bridgehead atoms. The third-order valence-electron chi connectivity index (χ3n) is 2.38. The number of carboxylic acid groups (broad SMARTS) is 1. The number of aliphatic hydroxyl groups is 1. The lowest BCUT2D eigenvalue weighted by atomic mass is 10.1. The average molecular weight is 243 g/mol. The fraction of sp³-hybridized carbons (Fsp3) is 0.0714. The Labute approximate surface area is 104 Å². The van der Waals surface area contributed by atoms with Gasteiger partial charge in [0.1, 0.15) is 17.6 Å². The van der Waals surface area contributed by atoms with E-state index in [9.17, 15) is 15.0 Å². The number of benzene rings is 2. The second-order valence-electron chi connectivity index (χ2n) is 3.71. The summed E-state index contributed by atoms with van der Waals surface area (Å²) in [6, 6.07) is 15.3. The van der Waals surface area contributed by atoms with E-state index >= 15 is 0 Å². The summed E-state index contributed by atoms with van der Waals surface area (Å²) in [5, 5.41) is 19.9. The summed E-state index contributed by atoms with van der Waals surface area (Å²) < 4.78 is 5.52. The molecule has 0 aliphatic carbocycles. The number of hydrogen-bond acceptors (Lipinski definition) is 4. The van der Waals surface area contributed by atoms with Gasteiger partial charge in [0, 0.05) is 0 Å². The van der Waals surface area contributed by atoms with Crippen molar-refractivity contribution in [3.8, 4) is 11.5 Å². The van der Waals surface area contributed by atoms with Crippen LogP contribution in [-0.2, 0) is 4.79 Å². The quantitative estimate of drug-likeness (QED) is 0.877. The van der Waals surface area contributed by atoms with Crippen molar-refractivity contribution in [2.24, 2.45) is 0 Å². The minimum absolute atomic E-state index is 0.225. The Kier molecular flexibility index (Phi) is 3.60. The highest BCUT2D eigenvalue weighted by molar-refractivity contribution is 5.72. The molecule has 2 rings (SSSR count). The van der Waals surface area contributed by atoms with Crippen LogP contribution in [0.25, 0.3) is 0 Å². The largest absolute Gasteiger partial charge is 0.547 e. The first kappa shape index (κ1) is 12.1. The molecule has 0 aliphatic rings. The van der Waals surface area contributed by atoms with Crippen LogP contribution in [0.1, 0.15) is 11.7 Å². The molecule has 2 aromatic carbocycles.